The van der Waals surface area contributed by atoms with Gasteiger partial charge >= 0.3 is 5.69 Å². The molecule has 1 amide bonds. The van der Waals surface area contributed by atoms with Gasteiger partial charge in [0.15, 0.2) is 0 Å². The summed E-state index contributed by atoms with van der Waals surface area (Å²) in [7, 11) is 0. The summed E-state index contributed by atoms with van der Waals surface area (Å²) in [6, 6.07) is 2.32. The highest BCUT2D eigenvalue weighted by Gasteiger charge is 2.14. The molecule has 0 fully saturated rings. The van der Waals surface area contributed by atoms with E-state index < -0.39 is 28.4 Å². The Balaban J connectivity index is 2.56. The summed E-state index contributed by atoms with van der Waals surface area (Å²) in [5.41, 5.74) is 9.67. The maximum absolute atomic E-state index is 13.2. The van der Waals surface area contributed by atoms with Gasteiger partial charge in [-0.1, -0.05) is 0 Å². The third-order valence-electron chi connectivity index (χ3n) is 2.18. The van der Waals surface area contributed by atoms with Crippen LogP contribution >= 0.6 is 0 Å². The summed E-state index contributed by atoms with van der Waals surface area (Å²) in [5, 5.41) is 10.4. The molecule has 8 heteroatoms. The molecule has 1 atom stereocenters. The van der Waals surface area contributed by atoms with Crippen molar-refractivity contribution in [3.05, 3.63) is 34.1 Å². The maximum Gasteiger partial charge on any atom is 0.305 e. The minimum absolute atomic E-state index is 0.0569. The average molecular weight is 257 g/mol. The van der Waals surface area contributed by atoms with Gasteiger partial charge in [0, 0.05) is 18.6 Å². The first-order valence-electron chi connectivity index (χ1n) is 5.03. The summed E-state index contributed by atoms with van der Waals surface area (Å²) in [5.74, 6) is -1.53. The molecule has 1 rings (SSSR count). The molecule has 0 aliphatic heterocycles. The quantitative estimate of drug-likeness (QED) is 0.561. The Hall–Kier alpha value is -2.22. The number of halogens is 1. The Morgan fingerprint density at radius 3 is 2.72 bits per heavy atom. The predicted octanol–water partition coefficient (Wildman–Crippen LogP) is 0.315. The van der Waals surface area contributed by atoms with Crippen LogP contribution in [0.4, 0.5) is 10.1 Å². The lowest BCUT2D eigenvalue weighted by Gasteiger charge is -2.09. The van der Waals surface area contributed by atoms with E-state index in [9.17, 15) is 19.3 Å². The van der Waals surface area contributed by atoms with E-state index in [0.717, 1.165) is 12.1 Å². The van der Waals surface area contributed by atoms with E-state index in [2.05, 4.69) is 0 Å². The van der Waals surface area contributed by atoms with E-state index in [1.165, 1.54) is 6.07 Å². The van der Waals surface area contributed by atoms with Gasteiger partial charge in [-0.15, -0.1) is 0 Å². The summed E-state index contributed by atoms with van der Waals surface area (Å²) in [6.45, 7) is 0.0569. The van der Waals surface area contributed by atoms with Gasteiger partial charge in [-0.3, -0.25) is 14.9 Å². The molecule has 0 aliphatic carbocycles. The van der Waals surface area contributed by atoms with Crippen LogP contribution < -0.4 is 16.2 Å². The van der Waals surface area contributed by atoms with Crippen LogP contribution in [0.2, 0.25) is 0 Å². The zero-order valence-electron chi connectivity index (χ0n) is 9.34. The average Bonchev–Trinajstić information content (AvgIpc) is 2.28. The van der Waals surface area contributed by atoms with Gasteiger partial charge in [0.05, 0.1) is 17.6 Å². The fraction of sp³-hybridized carbons (Fsp3) is 0.300. The number of nitrogens with two attached hydrogens (primary N) is 2. The van der Waals surface area contributed by atoms with Crippen LogP contribution in [0.1, 0.15) is 6.42 Å². The fourth-order valence-electron chi connectivity index (χ4n) is 1.17. The number of carbonyl (C=O) groups is 1. The Kier molecular flexibility index (Phi) is 4.55. The molecule has 98 valence electrons. The van der Waals surface area contributed by atoms with Gasteiger partial charge < -0.3 is 16.2 Å². The van der Waals surface area contributed by atoms with E-state index in [4.69, 9.17) is 16.2 Å². The maximum atomic E-state index is 13.2. The highest BCUT2D eigenvalue weighted by Crippen LogP contribution is 2.22. The molecule has 0 heterocycles. The van der Waals surface area contributed by atoms with E-state index in [1.807, 2.05) is 0 Å². The van der Waals surface area contributed by atoms with Gasteiger partial charge in [0.25, 0.3) is 0 Å². The molecule has 0 spiro atoms. The number of amides is 1. The monoisotopic (exact) mass is 257 g/mol. The molecule has 4 N–H and O–H groups in total. The van der Waals surface area contributed by atoms with Crippen molar-refractivity contribution >= 4 is 11.6 Å². The van der Waals surface area contributed by atoms with Crippen molar-refractivity contribution in [2.24, 2.45) is 11.5 Å². The SMILES string of the molecule is NC(=O)C(N)CCOc1ccc([N+](=O)[O-])c(F)c1. The van der Waals surface area contributed by atoms with Crippen LogP contribution in [-0.2, 0) is 4.79 Å². The van der Waals surface area contributed by atoms with Crippen molar-refractivity contribution in [2.45, 2.75) is 12.5 Å². The van der Waals surface area contributed by atoms with E-state index in [-0.39, 0.29) is 18.8 Å². The van der Waals surface area contributed by atoms with E-state index in [1.54, 1.807) is 0 Å². The highest BCUT2D eigenvalue weighted by molar-refractivity contribution is 5.79. The van der Waals surface area contributed by atoms with Gasteiger partial charge in [-0.25, -0.2) is 0 Å². The molecule has 0 bridgehead atoms. The summed E-state index contributed by atoms with van der Waals surface area (Å²) in [6.07, 6.45) is 0.175. The number of primary amides is 1. The topological polar surface area (TPSA) is 121 Å². The third-order valence-corrected chi connectivity index (χ3v) is 2.18. The van der Waals surface area contributed by atoms with E-state index in [0.29, 0.717) is 0 Å². The normalized spacial score (nSPS) is 11.9. The van der Waals surface area contributed by atoms with Crippen LogP contribution in [0.15, 0.2) is 18.2 Å². The first-order valence-corrected chi connectivity index (χ1v) is 5.03. The van der Waals surface area contributed by atoms with Crippen LogP contribution in [0, 0.1) is 15.9 Å². The lowest BCUT2D eigenvalue weighted by molar-refractivity contribution is -0.387. The van der Waals surface area contributed by atoms with Crippen LogP contribution in [-0.4, -0.2) is 23.5 Å². The largest absolute Gasteiger partial charge is 0.493 e. The number of rotatable bonds is 6. The zero-order chi connectivity index (χ0) is 13.7. The molecule has 1 aromatic carbocycles. The second-order valence-corrected chi connectivity index (χ2v) is 3.52. The number of nitrogens with zero attached hydrogens (tertiary/aromatic N) is 1. The van der Waals surface area contributed by atoms with Crippen molar-refractivity contribution in [2.75, 3.05) is 6.61 Å². The van der Waals surface area contributed by atoms with Gasteiger partial charge in [-0.05, 0) is 6.07 Å². The minimum Gasteiger partial charge on any atom is -0.493 e. The first kappa shape index (κ1) is 13.8. The molecule has 1 unspecified atom stereocenters. The Labute approximate surface area is 102 Å². The number of nitro benzene ring substituents is 1. The standard InChI is InChI=1S/C10H12FN3O4/c11-7-5-6(1-2-9(7)14(16)17)18-4-3-8(12)10(13)15/h1-2,5,8H,3-4,12H2,(H2,13,15). The van der Waals surface area contributed by atoms with Crippen LogP contribution in [0.25, 0.3) is 0 Å². The van der Waals surface area contributed by atoms with Crippen molar-refractivity contribution in [1.82, 2.24) is 0 Å². The zero-order valence-corrected chi connectivity index (χ0v) is 9.34. The molecule has 0 saturated carbocycles. The molecule has 0 saturated heterocycles. The number of hydrogen-bond acceptors (Lipinski definition) is 5. The van der Waals surface area contributed by atoms with Gasteiger partial charge in [0.2, 0.25) is 11.7 Å². The fourth-order valence-corrected chi connectivity index (χ4v) is 1.17. The Bertz CT molecular complexity index is 466. The minimum atomic E-state index is -0.989. The molecule has 7 nitrogen and oxygen atoms in total. The van der Waals surface area contributed by atoms with Crippen molar-refractivity contribution in [3.63, 3.8) is 0 Å². The molecular weight excluding hydrogens is 245 g/mol. The number of benzene rings is 1. The third kappa shape index (κ3) is 3.67. The second kappa shape index (κ2) is 5.92. The summed E-state index contributed by atoms with van der Waals surface area (Å²) in [4.78, 5) is 20.2. The molecule has 0 radical (unpaired) electrons. The Morgan fingerprint density at radius 1 is 1.56 bits per heavy atom. The van der Waals surface area contributed by atoms with Crippen LogP contribution in [0.5, 0.6) is 5.75 Å². The van der Waals surface area contributed by atoms with Gasteiger partial charge in [-0.2, -0.15) is 4.39 Å². The van der Waals surface area contributed by atoms with Crippen LogP contribution in [0.3, 0.4) is 0 Å². The molecule has 1 aromatic rings. The lowest BCUT2D eigenvalue weighted by Crippen LogP contribution is -2.37. The lowest BCUT2D eigenvalue weighted by atomic mass is 10.2. The van der Waals surface area contributed by atoms with E-state index >= 15 is 0 Å². The van der Waals surface area contributed by atoms with Crippen molar-refractivity contribution in [1.29, 1.82) is 0 Å². The second-order valence-electron chi connectivity index (χ2n) is 3.52. The summed E-state index contributed by atoms with van der Waals surface area (Å²) < 4.78 is 18.3. The molecule has 18 heavy (non-hydrogen) atoms. The van der Waals surface area contributed by atoms with Crippen molar-refractivity contribution in [3.8, 4) is 5.75 Å². The summed E-state index contributed by atoms with van der Waals surface area (Å²) >= 11 is 0. The molecule has 0 aromatic heterocycles. The number of hydrogen-bond donors (Lipinski definition) is 2. The number of carbonyl (C=O) groups excluding carboxylic acids is 1. The Morgan fingerprint density at radius 2 is 2.22 bits per heavy atom. The highest BCUT2D eigenvalue weighted by atomic mass is 19.1. The molecule has 0 aliphatic rings. The number of nitro groups is 1. The smallest absolute Gasteiger partial charge is 0.305 e. The van der Waals surface area contributed by atoms with Gasteiger partial charge in [0.1, 0.15) is 5.75 Å². The van der Waals surface area contributed by atoms with Crippen molar-refractivity contribution < 1.29 is 18.8 Å². The number of ether oxygens (including phenoxy) is 1. The predicted molar refractivity (Wildman–Crippen MR) is 60.3 cm³/mol. The first-order chi connectivity index (χ1) is 8.41. The molecular formula is C10H12FN3O4.